The molecule has 1 aliphatic heterocycles. The van der Waals surface area contributed by atoms with Crippen LogP contribution in [0.15, 0.2) is 28.8 Å². The highest BCUT2D eigenvalue weighted by atomic mass is 19.1. The number of methoxy groups -OCH3 is 1. The van der Waals surface area contributed by atoms with Crippen LogP contribution in [0.4, 0.5) is 4.39 Å². The number of nitrogens with zero attached hydrogens (tertiary/aromatic N) is 3. The van der Waals surface area contributed by atoms with E-state index in [1.54, 1.807) is 13.2 Å². The molecule has 0 bridgehead atoms. The number of aliphatic hydroxyl groups excluding tert-OH is 1. The molecule has 6 nitrogen and oxygen atoms in total. The minimum absolute atomic E-state index is 0.0662. The Bertz CT molecular complexity index is 634. The van der Waals surface area contributed by atoms with Crippen molar-refractivity contribution in [1.82, 2.24) is 15.0 Å². The van der Waals surface area contributed by atoms with Crippen LogP contribution in [0.3, 0.4) is 0 Å². The molecule has 0 saturated carbocycles. The third-order valence-corrected chi connectivity index (χ3v) is 3.74. The summed E-state index contributed by atoms with van der Waals surface area (Å²) >= 11 is 0. The molecule has 1 aromatic carbocycles. The lowest BCUT2D eigenvalue weighted by atomic mass is 10.0. The number of rotatable bonds is 5. The Kier molecular flexibility index (Phi) is 4.47. The Morgan fingerprint density at radius 2 is 2.36 bits per heavy atom. The number of halogens is 1. The first kappa shape index (κ1) is 15.1. The molecule has 1 saturated heterocycles. The quantitative estimate of drug-likeness (QED) is 0.906. The van der Waals surface area contributed by atoms with Gasteiger partial charge in [0.1, 0.15) is 12.4 Å². The summed E-state index contributed by atoms with van der Waals surface area (Å²) in [5, 5.41) is 13.8. The van der Waals surface area contributed by atoms with Gasteiger partial charge in [-0.3, -0.25) is 4.90 Å². The van der Waals surface area contributed by atoms with E-state index in [4.69, 9.17) is 9.26 Å². The average molecular weight is 307 g/mol. The molecule has 0 aliphatic carbocycles. The van der Waals surface area contributed by atoms with Gasteiger partial charge < -0.3 is 14.4 Å². The lowest BCUT2D eigenvalue weighted by Crippen LogP contribution is -2.24. The van der Waals surface area contributed by atoms with E-state index < -0.39 is 6.10 Å². The predicted octanol–water partition coefficient (Wildman–Crippen LogP) is 1.66. The molecule has 0 amide bonds. The third-order valence-electron chi connectivity index (χ3n) is 3.74. The molecule has 2 atom stereocenters. The number of likely N-dealkylation sites (tertiary alicyclic amines) is 1. The molecule has 3 rings (SSSR count). The SMILES string of the molecule is COCc1noc(CN2CC(O)CC2c2cccc(F)c2)n1. The highest BCUT2D eigenvalue weighted by Gasteiger charge is 2.33. The first-order chi connectivity index (χ1) is 10.7. The Morgan fingerprint density at radius 1 is 1.50 bits per heavy atom. The van der Waals surface area contributed by atoms with E-state index in [1.165, 1.54) is 12.1 Å². The summed E-state index contributed by atoms with van der Waals surface area (Å²) in [7, 11) is 1.56. The lowest BCUT2D eigenvalue weighted by Gasteiger charge is -2.22. The second-order valence-corrected chi connectivity index (χ2v) is 5.43. The van der Waals surface area contributed by atoms with E-state index in [2.05, 4.69) is 10.1 Å². The van der Waals surface area contributed by atoms with Gasteiger partial charge in [-0.15, -0.1) is 0 Å². The molecule has 22 heavy (non-hydrogen) atoms. The summed E-state index contributed by atoms with van der Waals surface area (Å²) in [5.41, 5.74) is 0.841. The van der Waals surface area contributed by atoms with Gasteiger partial charge in [0, 0.05) is 19.7 Å². The first-order valence-corrected chi connectivity index (χ1v) is 7.13. The number of hydrogen-bond donors (Lipinski definition) is 1. The van der Waals surface area contributed by atoms with Crippen LogP contribution in [0.5, 0.6) is 0 Å². The van der Waals surface area contributed by atoms with Crippen LogP contribution in [0.1, 0.15) is 29.7 Å². The second-order valence-electron chi connectivity index (χ2n) is 5.43. The molecule has 1 aliphatic rings. The number of hydrogen-bond acceptors (Lipinski definition) is 6. The Morgan fingerprint density at radius 3 is 3.14 bits per heavy atom. The van der Waals surface area contributed by atoms with Crippen LogP contribution < -0.4 is 0 Å². The fourth-order valence-electron chi connectivity index (χ4n) is 2.83. The normalized spacial score (nSPS) is 22.3. The fraction of sp³-hybridized carbons (Fsp3) is 0.467. The maximum atomic E-state index is 13.4. The molecule has 7 heteroatoms. The van der Waals surface area contributed by atoms with Gasteiger partial charge in [0.15, 0.2) is 5.82 Å². The Labute approximate surface area is 127 Å². The van der Waals surface area contributed by atoms with E-state index in [0.717, 1.165) is 5.56 Å². The van der Waals surface area contributed by atoms with E-state index in [0.29, 0.717) is 37.8 Å². The van der Waals surface area contributed by atoms with E-state index >= 15 is 0 Å². The molecule has 1 aromatic heterocycles. The molecule has 2 unspecified atom stereocenters. The topological polar surface area (TPSA) is 71.6 Å². The molecule has 118 valence electrons. The van der Waals surface area contributed by atoms with Crippen LogP contribution in [0, 0.1) is 5.82 Å². The van der Waals surface area contributed by atoms with E-state index in [-0.39, 0.29) is 11.9 Å². The van der Waals surface area contributed by atoms with Crippen LogP contribution in [-0.2, 0) is 17.9 Å². The summed E-state index contributed by atoms with van der Waals surface area (Å²) in [6.45, 7) is 1.19. The van der Waals surface area contributed by atoms with Gasteiger partial charge in [0.25, 0.3) is 0 Å². The van der Waals surface area contributed by atoms with Crippen molar-refractivity contribution < 1.29 is 18.8 Å². The number of β-amino-alcohol motifs (C(OH)–C–C–N with tert-alkyl or cyclic N) is 1. The Balaban J connectivity index is 1.75. The van der Waals surface area contributed by atoms with Crippen molar-refractivity contribution in [2.24, 2.45) is 0 Å². The summed E-state index contributed by atoms with van der Waals surface area (Å²) in [5.74, 6) is 0.668. The monoisotopic (exact) mass is 307 g/mol. The number of benzene rings is 1. The molecular weight excluding hydrogens is 289 g/mol. The van der Waals surface area contributed by atoms with Crippen molar-refractivity contribution in [2.75, 3.05) is 13.7 Å². The summed E-state index contributed by atoms with van der Waals surface area (Å²) in [6.07, 6.45) is 0.109. The zero-order valence-electron chi connectivity index (χ0n) is 12.3. The van der Waals surface area contributed by atoms with E-state index in [1.807, 2.05) is 11.0 Å². The van der Waals surface area contributed by atoms with Crippen molar-refractivity contribution in [3.8, 4) is 0 Å². The summed E-state index contributed by atoms with van der Waals surface area (Å²) in [6, 6.07) is 6.39. The van der Waals surface area contributed by atoms with Gasteiger partial charge in [0.2, 0.25) is 5.89 Å². The highest BCUT2D eigenvalue weighted by molar-refractivity contribution is 5.21. The standard InChI is InChI=1S/C15H18FN3O3/c1-21-9-14-17-15(22-18-14)8-19-7-12(20)6-13(19)10-3-2-4-11(16)5-10/h2-5,12-13,20H,6-9H2,1H3. The van der Waals surface area contributed by atoms with Gasteiger partial charge >= 0.3 is 0 Å². The molecule has 2 aromatic rings. The maximum Gasteiger partial charge on any atom is 0.240 e. The summed E-state index contributed by atoms with van der Waals surface area (Å²) < 4.78 is 23.6. The molecule has 2 heterocycles. The van der Waals surface area contributed by atoms with Gasteiger partial charge in [-0.05, 0) is 24.1 Å². The molecule has 0 spiro atoms. The van der Waals surface area contributed by atoms with Gasteiger partial charge in [-0.2, -0.15) is 4.98 Å². The molecular formula is C15H18FN3O3. The van der Waals surface area contributed by atoms with Crippen LogP contribution in [0.2, 0.25) is 0 Å². The van der Waals surface area contributed by atoms with Gasteiger partial charge in [-0.1, -0.05) is 17.3 Å². The van der Waals surface area contributed by atoms with Crippen molar-refractivity contribution in [3.63, 3.8) is 0 Å². The van der Waals surface area contributed by atoms with Crippen molar-refractivity contribution in [1.29, 1.82) is 0 Å². The average Bonchev–Trinajstić information content (AvgIpc) is 3.06. The third kappa shape index (κ3) is 3.32. The maximum absolute atomic E-state index is 13.4. The largest absolute Gasteiger partial charge is 0.392 e. The van der Waals surface area contributed by atoms with Crippen LogP contribution in [-0.4, -0.2) is 39.9 Å². The predicted molar refractivity (Wildman–Crippen MR) is 75.2 cm³/mol. The highest BCUT2D eigenvalue weighted by Crippen LogP contribution is 2.33. The number of aliphatic hydroxyl groups is 1. The Hall–Kier alpha value is -1.83. The van der Waals surface area contributed by atoms with Gasteiger partial charge in [-0.25, -0.2) is 4.39 Å². The fourth-order valence-corrected chi connectivity index (χ4v) is 2.83. The molecule has 1 N–H and O–H groups in total. The van der Waals surface area contributed by atoms with Crippen molar-refractivity contribution in [3.05, 3.63) is 47.4 Å². The van der Waals surface area contributed by atoms with Crippen molar-refractivity contribution >= 4 is 0 Å². The molecule has 0 radical (unpaired) electrons. The minimum Gasteiger partial charge on any atom is -0.392 e. The smallest absolute Gasteiger partial charge is 0.240 e. The summed E-state index contributed by atoms with van der Waals surface area (Å²) in [4.78, 5) is 6.25. The number of aromatic nitrogens is 2. The van der Waals surface area contributed by atoms with Crippen LogP contribution >= 0.6 is 0 Å². The molecule has 1 fully saturated rings. The lowest BCUT2D eigenvalue weighted by molar-refractivity contribution is 0.164. The van der Waals surface area contributed by atoms with Gasteiger partial charge in [0.05, 0.1) is 12.6 Å². The van der Waals surface area contributed by atoms with Crippen molar-refractivity contribution in [2.45, 2.75) is 31.7 Å². The first-order valence-electron chi connectivity index (χ1n) is 7.13. The zero-order valence-corrected chi connectivity index (χ0v) is 12.3. The van der Waals surface area contributed by atoms with Crippen LogP contribution in [0.25, 0.3) is 0 Å². The number of ether oxygens (including phenoxy) is 1. The minimum atomic E-state index is -0.449. The zero-order chi connectivity index (χ0) is 15.5. The second kappa shape index (κ2) is 6.51. The van der Waals surface area contributed by atoms with E-state index in [9.17, 15) is 9.50 Å².